The minimum Gasteiger partial charge on any atom is -0.381 e. The van der Waals surface area contributed by atoms with E-state index in [1.165, 1.54) is 51.4 Å². The van der Waals surface area contributed by atoms with Gasteiger partial charge in [-0.25, -0.2) is 0 Å². The molecule has 0 amide bonds. The van der Waals surface area contributed by atoms with Crippen molar-refractivity contribution in [2.75, 3.05) is 7.11 Å². The first kappa shape index (κ1) is 19.0. The summed E-state index contributed by atoms with van der Waals surface area (Å²) < 4.78 is 6.00. The number of rotatable bonds is 9. The van der Waals surface area contributed by atoms with E-state index in [9.17, 15) is 0 Å². The second-order valence-corrected chi connectivity index (χ2v) is 8.24. The lowest BCUT2D eigenvalue weighted by molar-refractivity contribution is -0.0343. The SMILES string of the molecule is CCCCCCCC(C)C1(C)CC(C)(CC)C(C)C1OC. The van der Waals surface area contributed by atoms with E-state index in [2.05, 4.69) is 41.5 Å². The fourth-order valence-electron chi connectivity index (χ4n) is 4.83. The summed E-state index contributed by atoms with van der Waals surface area (Å²) in [7, 11) is 1.93. The quantitative estimate of drug-likeness (QED) is 0.444. The van der Waals surface area contributed by atoms with E-state index in [0.29, 0.717) is 22.9 Å². The van der Waals surface area contributed by atoms with Gasteiger partial charge in [0.2, 0.25) is 0 Å². The van der Waals surface area contributed by atoms with Gasteiger partial charge in [-0.2, -0.15) is 0 Å². The topological polar surface area (TPSA) is 9.23 Å². The van der Waals surface area contributed by atoms with E-state index in [1.807, 2.05) is 7.11 Å². The van der Waals surface area contributed by atoms with Crippen molar-refractivity contribution in [1.82, 2.24) is 0 Å². The minimum atomic E-state index is 0.351. The molecule has 1 nitrogen and oxygen atoms in total. The first-order valence-corrected chi connectivity index (χ1v) is 9.38. The molecule has 0 aliphatic heterocycles. The zero-order valence-corrected chi connectivity index (χ0v) is 15.8. The molecule has 1 fully saturated rings. The van der Waals surface area contributed by atoms with Crippen LogP contribution >= 0.6 is 0 Å². The second-order valence-electron chi connectivity index (χ2n) is 8.24. The highest BCUT2D eigenvalue weighted by Gasteiger charge is 2.56. The van der Waals surface area contributed by atoms with E-state index >= 15 is 0 Å². The summed E-state index contributed by atoms with van der Waals surface area (Å²) in [5.74, 6) is 1.43. The lowest BCUT2D eigenvalue weighted by Gasteiger charge is -2.38. The smallest absolute Gasteiger partial charge is 0.0658 e. The van der Waals surface area contributed by atoms with E-state index in [4.69, 9.17) is 4.74 Å². The maximum absolute atomic E-state index is 6.00. The zero-order chi connectivity index (χ0) is 16.1. The highest BCUT2D eigenvalue weighted by molar-refractivity contribution is 5.05. The normalized spacial score (nSPS) is 37.9. The molecule has 1 aliphatic rings. The van der Waals surface area contributed by atoms with E-state index in [-0.39, 0.29) is 0 Å². The summed E-state index contributed by atoms with van der Waals surface area (Å²) in [5.41, 5.74) is 0.801. The molecule has 1 heteroatoms. The third-order valence-electron chi connectivity index (χ3n) is 6.92. The molecule has 1 rings (SSSR count). The van der Waals surface area contributed by atoms with Crippen LogP contribution in [0, 0.1) is 22.7 Å². The second kappa shape index (κ2) is 7.99. The lowest BCUT2D eigenvalue weighted by atomic mass is 9.70. The van der Waals surface area contributed by atoms with Crippen molar-refractivity contribution in [2.45, 2.75) is 99.0 Å². The van der Waals surface area contributed by atoms with E-state index in [0.717, 1.165) is 5.92 Å². The standard InChI is InChI=1S/C20H40O/c1-8-10-11-12-13-14-16(3)20(6)15-19(5,9-2)17(4)18(20)21-7/h16-18H,8-15H2,1-7H3. The van der Waals surface area contributed by atoms with Crippen molar-refractivity contribution in [3.63, 3.8) is 0 Å². The summed E-state index contributed by atoms with van der Waals surface area (Å²) >= 11 is 0. The van der Waals surface area contributed by atoms with Crippen LogP contribution in [-0.2, 0) is 4.74 Å². The molecule has 0 aromatic rings. The van der Waals surface area contributed by atoms with Crippen molar-refractivity contribution >= 4 is 0 Å². The molecule has 0 aromatic carbocycles. The summed E-state index contributed by atoms with van der Waals surface area (Å²) in [5, 5.41) is 0. The summed E-state index contributed by atoms with van der Waals surface area (Å²) in [6, 6.07) is 0. The molecule has 5 atom stereocenters. The van der Waals surface area contributed by atoms with Gasteiger partial charge in [0.1, 0.15) is 0 Å². The molecule has 1 aliphatic carbocycles. The molecule has 126 valence electrons. The average molecular weight is 297 g/mol. The number of methoxy groups -OCH3 is 1. The van der Waals surface area contributed by atoms with Gasteiger partial charge in [0.15, 0.2) is 0 Å². The van der Waals surface area contributed by atoms with Gasteiger partial charge in [-0.15, -0.1) is 0 Å². The molecular weight excluding hydrogens is 256 g/mol. The van der Waals surface area contributed by atoms with Crippen LogP contribution in [0.2, 0.25) is 0 Å². The summed E-state index contributed by atoms with van der Waals surface area (Å²) in [6.45, 7) is 14.5. The maximum Gasteiger partial charge on any atom is 0.0658 e. The molecule has 0 bridgehead atoms. The van der Waals surface area contributed by atoms with Crippen molar-refractivity contribution in [2.24, 2.45) is 22.7 Å². The first-order chi connectivity index (χ1) is 9.85. The van der Waals surface area contributed by atoms with Crippen molar-refractivity contribution in [1.29, 1.82) is 0 Å². The average Bonchev–Trinajstić information content (AvgIpc) is 2.67. The minimum absolute atomic E-state index is 0.351. The van der Waals surface area contributed by atoms with Crippen LogP contribution in [0.1, 0.15) is 92.9 Å². The Kier molecular flexibility index (Phi) is 7.24. The van der Waals surface area contributed by atoms with Crippen LogP contribution in [0.25, 0.3) is 0 Å². The molecule has 0 N–H and O–H groups in total. The Hall–Kier alpha value is -0.0400. The van der Waals surface area contributed by atoms with Gasteiger partial charge >= 0.3 is 0 Å². The number of unbranched alkanes of at least 4 members (excludes halogenated alkanes) is 4. The molecule has 1 saturated carbocycles. The molecule has 0 spiro atoms. The lowest BCUT2D eigenvalue weighted by Crippen LogP contribution is -2.37. The number of hydrogen-bond acceptors (Lipinski definition) is 1. The van der Waals surface area contributed by atoms with Crippen LogP contribution in [-0.4, -0.2) is 13.2 Å². The Morgan fingerprint density at radius 1 is 1.10 bits per heavy atom. The third kappa shape index (κ3) is 4.03. The van der Waals surface area contributed by atoms with Crippen LogP contribution in [0.4, 0.5) is 0 Å². The van der Waals surface area contributed by atoms with Gasteiger partial charge < -0.3 is 4.74 Å². The predicted octanol–water partition coefficient (Wildman–Crippen LogP) is 6.46. The summed E-state index contributed by atoms with van der Waals surface area (Å²) in [6.07, 6.45) is 11.3. The Bertz CT molecular complexity index is 300. The molecule has 5 unspecified atom stereocenters. The van der Waals surface area contributed by atoms with Crippen LogP contribution in [0.15, 0.2) is 0 Å². The number of hydrogen-bond donors (Lipinski definition) is 0. The van der Waals surface area contributed by atoms with Gasteiger partial charge in [-0.1, -0.05) is 86.5 Å². The van der Waals surface area contributed by atoms with Crippen LogP contribution < -0.4 is 0 Å². The Morgan fingerprint density at radius 3 is 2.24 bits per heavy atom. The van der Waals surface area contributed by atoms with Crippen LogP contribution in [0.3, 0.4) is 0 Å². The highest BCUT2D eigenvalue weighted by atomic mass is 16.5. The largest absolute Gasteiger partial charge is 0.381 e. The summed E-state index contributed by atoms with van der Waals surface area (Å²) in [4.78, 5) is 0. The maximum atomic E-state index is 6.00. The van der Waals surface area contributed by atoms with Gasteiger partial charge in [0.25, 0.3) is 0 Å². The number of ether oxygens (including phenoxy) is 1. The molecule has 0 radical (unpaired) electrons. The molecule has 0 heterocycles. The van der Waals surface area contributed by atoms with Gasteiger partial charge in [0.05, 0.1) is 6.10 Å². The molecule has 21 heavy (non-hydrogen) atoms. The van der Waals surface area contributed by atoms with Gasteiger partial charge in [-0.3, -0.25) is 0 Å². The van der Waals surface area contributed by atoms with Crippen molar-refractivity contribution in [3.05, 3.63) is 0 Å². The third-order valence-corrected chi connectivity index (χ3v) is 6.92. The first-order valence-electron chi connectivity index (χ1n) is 9.38. The Morgan fingerprint density at radius 2 is 1.71 bits per heavy atom. The van der Waals surface area contributed by atoms with E-state index < -0.39 is 0 Å². The van der Waals surface area contributed by atoms with Gasteiger partial charge in [0, 0.05) is 7.11 Å². The highest BCUT2D eigenvalue weighted by Crippen LogP contribution is 2.59. The van der Waals surface area contributed by atoms with Crippen molar-refractivity contribution in [3.8, 4) is 0 Å². The fraction of sp³-hybridized carbons (Fsp3) is 1.00. The van der Waals surface area contributed by atoms with E-state index in [1.54, 1.807) is 0 Å². The Balaban J connectivity index is 2.65. The van der Waals surface area contributed by atoms with Gasteiger partial charge in [-0.05, 0) is 29.1 Å². The van der Waals surface area contributed by atoms with Crippen LogP contribution in [0.5, 0.6) is 0 Å². The predicted molar refractivity (Wildman–Crippen MR) is 93.6 cm³/mol. The molecule has 0 aromatic heterocycles. The monoisotopic (exact) mass is 296 g/mol. The van der Waals surface area contributed by atoms with Crippen molar-refractivity contribution < 1.29 is 4.74 Å². The zero-order valence-electron chi connectivity index (χ0n) is 15.8. The Labute approximate surface area is 134 Å². The molecule has 0 saturated heterocycles. The fourth-order valence-corrected chi connectivity index (χ4v) is 4.83. The molecular formula is C20H40O.